The summed E-state index contributed by atoms with van der Waals surface area (Å²) in [5, 5.41) is 9.12. The van der Waals surface area contributed by atoms with E-state index in [9.17, 15) is 0 Å². The van der Waals surface area contributed by atoms with Gasteiger partial charge in [0.05, 0.1) is 16.8 Å². The molecule has 0 saturated carbocycles. The summed E-state index contributed by atoms with van der Waals surface area (Å²) in [5.41, 5.74) is 11.1. The van der Waals surface area contributed by atoms with Crippen molar-refractivity contribution in [3.8, 4) is 22.3 Å². The lowest BCUT2D eigenvalue weighted by atomic mass is 9.98. The van der Waals surface area contributed by atoms with Gasteiger partial charge >= 0.3 is 0 Å². The minimum Gasteiger partial charge on any atom is -0.455 e. The first kappa shape index (κ1) is 29.6. The maximum absolute atomic E-state index is 6.70. The van der Waals surface area contributed by atoms with Gasteiger partial charge in [-0.2, -0.15) is 0 Å². The predicted molar refractivity (Wildman–Crippen MR) is 222 cm³/mol. The molecule has 248 valence electrons. The summed E-state index contributed by atoms with van der Waals surface area (Å²) in [5.74, 6) is 0. The molecule has 0 N–H and O–H groups in total. The number of fused-ring (bicyclic) bond motifs is 9. The molecule has 11 rings (SSSR count). The molecule has 0 spiro atoms. The average Bonchev–Trinajstić information content (AvgIpc) is 3.81. The Morgan fingerprint density at radius 3 is 1.87 bits per heavy atom. The second kappa shape index (κ2) is 11.7. The zero-order chi connectivity index (χ0) is 34.9. The summed E-state index contributed by atoms with van der Waals surface area (Å²) in [6.07, 6.45) is 0. The van der Waals surface area contributed by atoms with Crippen LogP contribution >= 0.6 is 0 Å². The lowest BCUT2D eigenvalue weighted by Crippen LogP contribution is -2.11. The topological polar surface area (TPSA) is 29.5 Å². The molecule has 0 bridgehead atoms. The zero-order valence-electron chi connectivity index (χ0n) is 28.7. The number of nitrogens with zero attached hydrogens (tertiary/aromatic N) is 1. The fraction of sp³-hybridized carbons (Fsp3) is 0. The molecule has 0 radical (unpaired) electrons. The Morgan fingerprint density at radius 1 is 0.340 bits per heavy atom. The largest absolute Gasteiger partial charge is 0.455 e. The molecule has 3 heteroatoms. The predicted octanol–water partition coefficient (Wildman–Crippen LogP) is 14.6. The maximum Gasteiger partial charge on any atom is 0.143 e. The normalized spacial score (nSPS) is 11.8. The van der Waals surface area contributed by atoms with Crippen LogP contribution in [0.15, 0.2) is 197 Å². The molecule has 11 aromatic rings. The number of para-hydroxylation sites is 3. The van der Waals surface area contributed by atoms with Crippen molar-refractivity contribution in [2.24, 2.45) is 0 Å². The molecular formula is C50H31NO2. The molecule has 0 amide bonds. The fourth-order valence-electron chi connectivity index (χ4n) is 8.16. The molecular weight excluding hydrogens is 647 g/mol. The summed E-state index contributed by atoms with van der Waals surface area (Å²) in [6, 6.07) is 66.7. The highest BCUT2D eigenvalue weighted by Crippen LogP contribution is 2.48. The van der Waals surface area contributed by atoms with E-state index in [2.05, 4.69) is 181 Å². The third-order valence-electron chi connectivity index (χ3n) is 10.7. The van der Waals surface area contributed by atoms with Gasteiger partial charge in [-0.05, 0) is 75.8 Å². The lowest BCUT2D eigenvalue weighted by Gasteiger charge is -2.28. The van der Waals surface area contributed by atoms with Gasteiger partial charge in [0.15, 0.2) is 0 Å². The summed E-state index contributed by atoms with van der Waals surface area (Å²) < 4.78 is 13.3. The molecule has 0 atom stereocenters. The monoisotopic (exact) mass is 677 g/mol. The van der Waals surface area contributed by atoms with E-state index in [0.29, 0.717) is 0 Å². The first-order chi connectivity index (χ1) is 26.3. The minimum absolute atomic E-state index is 0.850. The van der Waals surface area contributed by atoms with Crippen LogP contribution in [0.3, 0.4) is 0 Å². The standard InChI is InChI=1S/C50H31NO2/c1-2-13-35-31-36(24-23-32(35)11-1)33-25-28-37(29-26-33)51(45-20-10-22-47-48(45)43-30-27-34-12-3-4-14-38(34)49(43)53-47)44-19-7-5-15-39(44)41-17-9-18-42-40-16-6-8-21-46(40)52-50(41)42/h1-31H. The Labute approximate surface area is 305 Å². The van der Waals surface area contributed by atoms with Crippen molar-refractivity contribution >= 4 is 82.5 Å². The molecule has 0 aliphatic rings. The van der Waals surface area contributed by atoms with E-state index < -0.39 is 0 Å². The van der Waals surface area contributed by atoms with Gasteiger partial charge in [0.25, 0.3) is 0 Å². The van der Waals surface area contributed by atoms with Crippen LogP contribution in [0.4, 0.5) is 17.1 Å². The summed E-state index contributed by atoms with van der Waals surface area (Å²) in [4.78, 5) is 2.38. The van der Waals surface area contributed by atoms with Crippen molar-refractivity contribution in [1.82, 2.24) is 0 Å². The number of benzene rings is 9. The molecule has 0 fully saturated rings. The van der Waals surface area contributed by atoms with Crippen molar-refractivity contribution in [3.05, 3.63) is 188 Å². The van der Waals surface area contributed by atoms with Gasteiger partial charge in [0.2, 0.25) is 0 Å². The van der Waals surface area contributed by atoms with Crippen LogP contribution in [0.2, 0.25) is 0 Å². The van der Waals surface area contributed by atoms with Crippen molar-refractivity contribution in [1.29, 1.82) is 0 Å². The minimum atomic E-state index is 0.850. The zero-order valence-corrected chi connectivity index (χ0v) is 28.7. The molecule has 53 heavy (non-hydrogen) atoms. The average molecular weight is 678 g/mol. The van der Waals surface area contributed by atoms with Gasteiger partial charge in [-0.1, -0.05) is 140 Å². The summed E-state index contributed by atoms with van der Waals surface area (Å²) >= 11 is 0. The van der Waals surface area contributed by atoms with Crippen LogP contribution in [0.5, 0.6) is 0 Å². The second-order valence-electron chi connectivity index (χ2n) is 13.7. The van der Waals surface area contributed by atoms with Crippen molar-refractivity contribution in [2.75, 3.05) is 4.90 Å². The highest BCUT2D eigenvalue weighted by molar-refractivity contribution is 6.20. The van der Waals surface area contributed by atoms with E-state index in [1.807, 2.05) is 12.1 Å². The Morgan fingerprint density at radius 2 is 0.962 bits per heavy atom. The summed E-state index contributed by atoms with van der Waals surface area (Å²) in [6.45, 7) is 0. The quantitative estimate of drug-likeness (QED) is 0.182. The SMILES string of the molecule is c1ccc(N(c2ccc(-c3ccc4ccccc4c3)cc2)c2cccc3oc4c5ccccc5ccc4c23)c(-c2cccc3c2oc2ccccc23)c1. The number of anilines is 3. The van der Waals surface area contributed by atoms with E-state index in [-0.39, 0.29) is 0 Å². The van der Waals surface area contributed by atoms with Gasteiger partial charge in [0, 0.05) is 38.4 Å². The van der Waals surface area contributed by atoms with Crippen molar-refractivity contribution in [2.45, 2.75) is 0 Å². The van der Waals surface area contributed by atoms with Crippen LogP contribution in [0.25, 0.3) is 87.7 Å². The smallest absolute Gasteiger partial charge is 0.143 e. The molecule has 0 aliphatic carbocycles. The first-order valence-electron chi connectivity index (χ1n) is 18.0. The number of rotatable bonds is 5. The second-order valence-corrected chi connectivity index (χ2v) is 13.7. The van der Waals surface area contributed by atoms with Crippen molar-refractivity contribution in [3.63, 3.8) is 0 Å². The molecule has 3 nitrogen and oxygen atoms in total. The molecule has 0 saturated heterocycles. The fourth-order valence-corrected chi connectivity index (χ4v) is 8.16. The third kappa shape index (κ3) is 4.68. The molecule has 0 unspecified atom stereocenters. The molecule has 2 heterocycles. The Balaban J connectivity index is 1.16. The van der Waals surface area contributed by atoms with E-state index in [0.717, 1.165) is 82.8 Å². The van der Waals surface area contributed by atoms with E-state index in [4.69, 9.17) is 8.83 Å². The van der Waals surface area contributed by atoms with Crippen LogP contribution in [-0.4, -0.2) is 0 Å². The summed E-state index contributed by atoms with van der Waals surface area (Å²) in [7, 11) is 0. The van der Waals surface area contributed by atoms with Crippen LogP contribution < -0.4 is 4.90 Å². The van der Waals surface area contributed by atoms with Crippen molar-refractivity contribution < 1.29 is 8.83 Å². The van der Waals surface area contributed by atoms with Crippen LogP contribution in [0.1, 0.15) is 0 Å². The Bertz CT molecular complexity index is 3180. The van der Waals surface area contributed by atoms with E-state index in [1.54, 1.807) is 0 Å². The number of hydrogen-bond acceptors (Lipinski definition) is 3. The third-order valence-corrected chi connectivity index (χ3v) is 10.7. The van der Waals surface area contributed by atoms with Gasteiger partial charge in [-0.15, -0.1) is 0 Å². The van der Waals surface area contributed by atoms with Gasteiger partial charge < -0.3 is 13.7 Å². The van der Waals surface area contributed by atoms with E-state index in [1.165, 1.54) is 21.9 Å². The van der Waals surface area contributed by atoms with Gasteiger partial charge in [-0.3, -0.25) is 0 Å². The van der Waals surface area contributed by atoms with Crippen LogP contribution in [-0.2, 0) is 0 Å². The number of furan rings is 2. The Kier molecular flexibility index (Phi) is 6.55. The lowest BCUT2D eigenvalue weighted by molar-refractivity contribution is 0.670. The molecule has 0 aliphatic heterocycles. The highest BCUT2D eigenvalue weighted by Gasteiger charge is 2.24. The Hall–Kier alpha value is -7.10. The van der Waals surface area contributed by atoms with E-state index >= 15 is 0 Å². The molecule has 2 aromatic heterocycles. The highest BCUT2D eigenvalue weighted by atomic mass is 16.3. The number of hydrogen-bond donors (Lipinski definition) is 0. The maximum atomic E-state index is 6.70. The first-order valence-corrected chi connectivity index (χ1v) is 18.0. The van der Waals surface area contributed by atoms with Crippen LogP contribution in [0, 0.1) is 0 Å². The molecule has 9 aromatic carbocycles. The van der Waals surface area contributed by atoms with Gasteiger partial charge in [0.1, 0.15) is 22.3 Å². The van der Waals surface area contributed by atoms with Gasteiger partial charge in [-0.25, -0.2) is 0 Å².